The van der Waals surface area contributed by atoms with Gasteiger partial charge in [0.05, 0.1) is 12.6 Å². The number of aryl methyl sites for hydroxylation is 1. The van der Waals surface area contributed by atoms with Gasteiger partial charge in [0.15, 0.2) is 0 Å². The van der Waals surface area contributed by atoms with Crippen molar-refractivity contribution in [3.8, 4) is 5.75 Å². The predicted molar refractivity (Wildman–Crippen MR) is 79.9 cm³/mol. The second-order valence-corrected chi connectivity index (χ2v) is 5.51. The molecule has 2 N–H and O–H groups in total. The standard InChI is InChI=1S/C16H24N2O2/c1-12-5-3-7-14(11-12)20-10-9-18-16(19)15-13(2)6-4-8-17-15/h3,5,7,11,13,15,17H,4,6,8-10H2,1-2H3,(H,18,19). The number of hydrogen-bond donors (Lipinski definition) is 2. The summed E-state index contributed by atoms with van der Waals surface area (Å²) in [7, 11) is 0. The van der Waals surface area contributed by atoms with E-state index in [1.165, 1.54) is 5.56 Å². The molecule has 2 unspecified atom stereocenters. The van der Waals surface area contributed by atoms with Crippen molar-refractivity contribution in [1.29, 1.82) is 0 Å². The van der Waals surface area contributed by atoms with Gasteiger partial charge < -0.3 is 15.4 Å². The summed E-state index contributed by atoms with van der Waals surface area (Å²) >= 11 is 0. The molecule has 20 heavy (non-hydrogen) atoms. The normalized spacial score (nSPS) is 22.3. The SMILES string of the molecule is Cc1cccc(OCCNC(=O)C2NCCCC2C)c1. The molecular weight excluding hydrogens is 252 g/mol. The fraction of sp³-hybridized carbons (Fsp3) is 0.562. The van der Waals surface area contributed by atoms with Crippen LogP contribution in [0.15, 0.2) is 24.3 Å². The Hall–Kier alpha value is -1.55. The first-order chi connectivity index (χ1) is 9.66. The van der Waals surface area contributed by atoms with Crippen LogP contribution in [0.3, 0.4) is 0 Å². The Bertz CT molecular complexity index is 448. The lowest BCUT2D eigenvalue weighted by Gasteiger charge is -2.28. The number of amides is 1. The van der Waals surface area contributed by atoms with Crippen molar-refractivity contribution in [1.82, 2.24) is 10.6 Å². The Kier molecular flexibility index (Phi) is 5.41. The molecule has 1 amide bonds. The average Bonchev–Trinajstić information content (AvgIpc) is 2.44. The Morgan fingerprint density at radius 3 is 3.10 bits per heavy atom. The molecule has 0 spiro atoms. The summed E-state index contributed by atoms with van der Waals surface area (Å²) in [4.78, 5) is 12.0. The Balaban J connectivity index is 1.69. The molecule has 1 saturated heterocycles. The van der Waals surface area contributed by atoms with E-state index in [1.807, 2.05) is 31.2 Å². The summed E-state index contributed by atoms with van der Waals surface area (Å²) < 4.78 is 5.62. The van der Waals surface area contributed by atoms with Crippen LogP contribution in [-0.4, -0.2) is 31.6 Å². The second-order valence-electron chi connectivity index (χ2n) is 5.51. The van der Waals surface area contributed by atoms with Crippen LogP contribution >= 0.6 is 0 Å². The van der Waals surface area contributed by atoms with Crippen LogP contribution in [0.1, 0.15) is 25.3 Å². The summed E-state index contributed by atoms with van der Waals surface area (Å²) in [5.41, 5.74) is 1.17. The van der Waals surface area contributed by atoms with Gasteiger partial charge in [0.25, 0.3) is 0 Å². The highest BCUT2D eigenvalue weighted by molar-refractivity contribution is 5.82. The van der Waals surface area contributed by atoms with Crippen molar-refractivity contribution in [2.24, 2.45) is 5.92 Å². The highest BCUT2D eigenvalue weighted by Crippen LogP contribution is 2.15. The molecule has 1 aliphatic heterocycles. The maximum Gasteiger partial charge on any atom is 0.237 e. The second kappa shape index (κ2) is 7.29. The maximum absolute atomic E-state index is 12.0. The van der Waals surface area contributed by atoms with Crippen LogP contribution in [0, 0.1) is 12.8 Å². The van der Waals surface area contributed by atoms with Gasteiger partial charge in [0, 0.05) is 0 Å². The molecule has 0 radical (unpaired) electrons. The first-order valence-electron chi connectivity index (χ1n) is 7.37. The van der Waals surface area contributed by atoms with Crippen molar-refractivity contribution in [2.75, 3.05) is 19.7 Å². The largest absolute Gasteiger partial charge is 0.492 e. The van der Waals surface area contributed by atoms with Crippen molar-refractivity contribution < 1.29 is 9.53 Å². The predicted octanol–water partition coefficient (Wildman–Crippen LogP) is 1.88. The zero-order valence-corrected chi connectivity index (χ0v) is 12.3. The Morgan fingerprint density at radius 2 is 2.35 bits per heavy atom. The summed E-state index contributed by atoms with van der Waals surface area (Å²) in [5, 5.41) is 6.22. The van der Waals surface area contributed by atoms with E-state index in [0.717, 1.165) is 25.1 Å². The van der Waals surface area contributed by atoms with Crippen molar-refractivity contribution in [3.63, 3.8) is 0 Å². The zero-order valence-electron chi connectivity index (χ0n) is 12.3. The molecule has 1 aromatic rings. The summed E-state index contributed by atoms with van der Waals surface area (Å²) in [6.45, 7) is 6.13. The number of nitrogens with one attached hydrogen (secondary N) is 2. The van der Waals surface area contributed by atoms with Crippen LogP contribution in [-0.2, 0) is 4.79 Å². The van der Waals surface area contributed by atoms with Crippen LogP contribution in [0.2, 0.25) is 0 Å². The van der Waals surface area contributed by atoms with E-state index in [9.17, 15) is 4.79 Å². The highest BCUT2D eigenvalue weighted by atomic mass is 16.5. The molecule has 1 heterocycles. The topological polar surface area (TPSA) is 50.4 Å². The van der Waals surface area contributed by atoms with Gasteiger partial charge in [0.1, 0.15) is 12.4 Å². The fourth-order valence-corrected chi connectivity index (χ4v) is 2.56. The van der Waals surface area contributed by atoms with Gasteiger partial charge in [0.2, 0.25) is 5.91 Å². The third kappa shape index (κ3) is 4.23. The van der Waals surface area contributed by atoms with E-state index in [4.69, 9.17) is 4.74 Å². The molecule has 0 aliphatic carbocycles. The number of benzene rings is 1. The third-order valence-corrected chi connectivity index (χ3v) is 3.71. The van der Waals surface area contributed by atoms with Gasteiger partial charge in [-0.2, -0.15) is 0 Å². The number of hydrogen-bond acceptors (Lipinski definition) is 3. The lowest BCUT2D eigenvalue weighted by Crippen LogP contribution is -2.51. The van der Waals surface area contributed by atoms with E-state index in [1.54, 1.807) is 0 Å². The number of rotatable bonds is 5. The van der Waals surface area contributed by atoms with Crippen LogP contribution < -0.4 is 15.4 Å². The zero-order chi connectivity index (χ0) is 14.4. The molecule has 1 fully saturated rings. The molecule has 0 saturated carbocycles. The minimum Gasteiger partial charge on any atom is -0.492 e. The Labute approximate surface area is 120 Å². The minimum atomic E-state index is -0.0530. The van der Waals surface area contributed by atoms with Gasteiger partial charge in [-0.3, -0.25) is 4.79 Å². The average molecular weight is 276 g/mol. The smallest absolute Gasteiger partial charge is 0.237 e. The molecular formula is C16H24N2O2. The molecule has 0 aromatic heterocycles. The van der Waals surface area contributed by atoms with Crippen molar-refractivity contribution >= 4 is 5.91 Å². The number of piperidine rings is 1. The molecule has 1 aliphatic rings. The van der Waals surface area contributed by atoms with E-state index in [0.29, 0.717) is 19.1 Å². The van der Waals surface area contributed by atoms with E-state index in [2.05, 4.69) is 17.6 Å². The molecule has 0 bridgehead atoms. The van der Waals surface area contributed by atoms with E-state index < -0.39 is 0 Å². The quantitative estimate of drug-likeness (QED) is 0.807. The number of ether oxygens (including phenoxy) is 1. The molecule has 110 valence electrons. The minimum absolute atomic E-state index is 0.0530. The fourth-order valence-electron chi connectivity index (χ4n) is 2.56. The first-order valence-corrected chi connectivity index (χ1v) is 7.37. The monoisotopic (exact) mass is 276 g/mol. The Morgan fingerprint density at radius 1 is 1.50 bits per heavy atom. The number of carbonyl (C=O) groups excluding carboxylic acids is 1. The lowest BCUT2D eigenvalue weighted by atomic mass is 9.92. The van der Waals surface area contributed by atoms with Crippen molar-refractivity contribution in [3.05, 3.63) is 29.8 Å². The van der Waals surface area contributed by atoms with Gasteiger partial charge in [-0.05, 0) is 49.9 Å². The highest BCUT2D eigenvalue weighted by Gasteiger charge is 2.26. The van der Waals surface area contributed by atoms with Crippen LogP contribution in [0.4, 0.5) is 0 Å². The molecule has 2 atom stereocenters. The third-order valence-electron chi connectivity index (χ3n) is 3.71. The van der Waals surface area contributed by atoms with Crippen LogP contribution in [0.25, 0.3) is 0 Å². The van der Waals surface area contributed by atoms with E-state index >= 15 is 0 Å². The molecule has 1 aromatic carbocycles. The number of carbonyl (C=O) groups is 1. The molecule has 4 nitrogen and oxygen atoms in total. The maximum atomic E-state index is 12.0. The van der Waals surface area contributed by atoms with Crippen molar-refractivity contribution in [2.45, 2.75) is 32.7 Å². The van der Waals surface area contributed by atoms with Gasteiger partial charge in [-0.15, -0.1) is 0 Å². The molecule has 2 rings (SSSR count). The summed E-state index contributed by atoms with van der Waals surface area (Å²) in [5.74, 6) is 1.34. The van der Waals surface area contributed by atoms with Gasteiger partial charge in [-0.25, -0.2) is 0 Å². The van der Waals surface area contributed by atoms with Crippen LogP contribution in [0.5, 0.6) is 5.75 Å². The summed E-state index contributed by atoms with van der Waals surface area (Å²) in [6.07, 6.45) is 2.27. The van der Waals surface area contributed by atoms with Gasteiger partial charge >= 0.3 is 0 Å². The lowest BCUT2D eigenvalue weighted by molar-refractivity contribution is -0.124. The van der Waals surface area contributed by atoms with Gasteiger partial charge in [-0.1, -0.05) is 19.1 Å². The molecule has 4 heteroatoms. The first kappa shape index (κ1) is 14.9. The van der Waals surface area contributed by atoms with E-state index in [-0.39, 0.29) is 11.9 Å². The summed E-state index contributed by atoms with van der Waals surface area (Å²) in [6, 6.07) is 7.87.